The van der Waals surface area contributed by atoms with Crippen molar-refractivity contribution in [2.24, 2.45) is 23.7 Å². The molecular weight excluding hydrogens is 256 g/mol. The zero-order chi connectivity index (χ0) is 15.7. The van der Waals surface area contributed by atoms with Gasteiger partial charge in [-0.05, 0) is 24.7 Å². The molecule has 4 heteroatoms. The largest absolute Gasteiger partial charge is 0.469 e. The molecule has 0 saturated carbocycles. The van der Waals surface area contributed by atoms with Crippen molar-refractivity contribution >= 4 is 11.9 Å². The molecule has 0 spiro atoms. The predicted octanol–water partition coefficient (Wildman–Crippen LogP) is 3.21. The number of esters is 2. The Kier molecular flexibility index (Phi) is 8.93. The van der Waals surface area contributed by atoms with E-state index >= 15 is 0 Å². The van der Waals surface area contributed by atoms with Crippen LogP contribution in [0.15, 0.2) is 12.2 Å². The highest BCUT2D eigenvalue weighted by atomic mass is 16.5. The van der Waals surface area contributed by atoms with Gasteiger partial charge in [0.05, 0.1) is 26.1 Å². The molecule has 0 bridgehead atoms. The normalized spacial score (nSPS) is 14.6. The lowest BCUT2D eigenvalue weighted by Gasteiger charge is -2.17. The molecule has 0 aromatic carbocycles. The van der Waals surface area contributed by atoms with Crippen molar-refractivity contribution in [2.75, 3.05) is 14.2 Å². The van der Waals surface area contributed by atoms with Gasteiger partial charge < -0.3 is 9.47 Å². The Labute approximate surface area is 122 Å². The zero-order valence-corrected chi connectivity index (χ0v) is 13.5. The topological polar surface area (TPSA) is 52.6 Å². The molecule has 4 nitrogen and oxygen atoms in total. The third kappa shape index (κ3) is 6.22. The molecule has 0 N–H and O–H groups in total. The molecule has 0 unspecified atom stereocenters. The highest BCUT2D eigenvalue weighted by Gasteiger charge is 2.23. The minimum Gasteiger partial charge on any atom is -0.469 e. The van der Waals surface area contributed by atoms with Gasteiger partial charge in [-0.15, -0.1) is 0 Å². The van der Waals surface area contributed by atoms with Crippen molar-refractivity contribution in [1.82, 2.24) is 0 Å². The van der Waals surface area contributed by atoms with Crippen LogP contribution >= 0.6 is 0 Å². The van der Waals surface area contributed by atoms with E-state index in [0.29, 0.717) is 12.8 Å². The van der Waals surface area contributed by atoms with Crippen LogP contribution < -0.4 is 0 Å². The molecule has 0 radical (unpaired) electrons. The Morgan fingerprint density at radius 1 is 0.800 bits per heavy atom. The number of hydrogen-bond acceptors (Lipinski definition) is 4. The monoisotopic (exact) mass is 284 g/mol. The minimum absolute atomic E-state index is 0.133. The van der Waals surface area contributed by atoms with E-state index in [2.05, 4.69) is 0 Å². The van der Waals surface area contributed by atoms with E-state index in [1.165, 1.54) is 14.2 Å². The summed E-state index contributed by atoms with van der Waals surface area (Å²) in [5, 5.41) is 0. The average Bonchev–Trinajstić information content (AvgIpc) is 2.40. The molecule has 0 aromatic heterocycles. The molecule has 0 aliphatic rings. The summed E-state index contributed by atoms with van der Waals surface area (Å²) < 4.78 is 9.60. The summed E-state index contributed by atoms with van der Waals surface area (Å²) in [6.07, 6.45) is 5.19. The summed E-state index contributed by atoms with van der Waals surface area (Å²) >= 11 is 0. The van der Waals surface area contributed by atoms with Crippen LogP contribution in [0.5, 0.6) is 0 Å². The third-order valence-corrected chi connectivity index (χ3v) is 3.56. The SMILES string of the molecule is COC(=O)[C@@H](CC=CC[C@H](C(=O)OC)C(C)C)C(C)C. The maximum absolute atomic E-state index is 11.6. The quantitative estimate of drug-likeness (QED) is 0.507. The first kappa shape index (κ1) is 18.7. The van der Waals surface area contributed by atoms with Crippen LogP contribution in [0.25, 0.3) is 0 Å². The number of carbonyl (C=O) groups excluding carboxylic acids is 2. The second kappa shape index (κ2) is 9.56. The van der Waals surface area contributed by atoms with Gasteiger partial charge >= 0.3 is 11.9 Å². The molecule has 0 heterocycles. The smallest absolute Gasteiger partial charge is 0.309 e. The lowest BCUT2D eigenvalue weighted by Crippen LogP contribution is -2.22. The van der Waals surface area contributed by atoms with Gasteiger partial charge in [-0.3, -0.25) is 9.59 Å². The molecule has 2 atom stereocenters. The van der Waals surface area contributed by atoms with Crippen LogP contribution in [0.3, 0.4) is 0 Å². The van der Waals surface area contributed by atoms with Crippen molar-refractivity contribution in [3.63, 3.8) is 0 Å². The van der Waals surface area contributed by atoms with Crippen LogP contribution in [-0.2, 0) is 19.1 Å². The molecular formula is C16H28O4. The summed E-state index contributed by atoms with van der Waals surface area (Å²) in [4.78, 5) is 23.2. The first-order valence-corrected chi connectivity index (χ1v) is 7.15. The summed E-state index contributed by atoms with van der Waals surface area (Å²) in [7, 11) is 2.82. The van der Waals surface area contributed by atoms with Crippen LogP contribution in [-0.4, -0.2) is 26.2 Å². The van der Waals surface area contributed by atoms with Gasteiger partial charge in [0.1, 0.15) is 0 Å². The fourth-order valence-corrected chi connectivity index (χ4v) is 2.07. The Morgan fingerprint density at radius 2 is 1.10 bits per heavy atom. The minimum atomic E-state index is -0.182. The number of methoxy groups -OCH3 is 2. The number of hydrogen-bond donors (Lipinski definition) is 0. The van der Waals surface area contributed by atoms with Crippen molar-refractivity contribution in [1.29, 1.82) is 0 Å². The van der Waals surface area contributed by atoms with Gasteiger partial charge in [-0.25, -0.2) is 0 Å². The zero-order valence-electron chi connectivity index (χ0n) is 13.5. The summed E-state index contributed by atoms with van der Waals surface area (Å²) in [5.41, 5.74) is 0. The van der Waals surface area contributed by atoms with Gasteiger partial charge in [-0.1, -0.05) is 39.8 Å². The lowest BCUT2D eigenvalue weighted by molar-refractivity contribution is -0.147. The van der Waals surface area contributed by atoms with E-state index in [4.69, 9.17) is 9.47 Å². The van der Waals surface area contributed by atoms with Crippen molar-refractivity contribution < 1.29 is 19.1 Å². The summed E-state index contributed by atoms with van der Waals surface area (Å²) in [5.74, 6) is -0.169. The molecule has 116 valence electrons. The van der Waals surface area contributed by atoms with E-state index in [9.17, 15) is 9.59 Å². The van der Waals surface area contributed by atoms with E-state index in [1.807, 2.05) is 39.8 Å². The third-order valence-electron chi connectivity index (χ3n) is 3.56. The summed E-state index contributed by atoms with van der Waals surface area (Å²) in [6, 6.07) is 0. The fraction of sp³-hybridized carbons (Fsp3) is 0.750. The Hall–Kier alpha value is -1.32. The Morgan fingerprint density at radius 3 is 1.30 bits per heavy atom. The number of allylic oxidation sites excluding steroid dienone is 2. The highest BCUT2D eigenvalue weighted by molar-refractivity contribution is 5.73. The lowest BCUT2D eigenvalue weighted by atomic mass is 9.90. The molecule has 0 fully saturated rings. The van der Waals surface area contributed by atoms with Crippen LogP contribution in [0, 0.1) is 23.7 Å². The first-order chi connectivity index (χ1) is 9.34. The second-order valence-electron chi connectivity index (χ2n) is 5.69. The van der Waals surface area contributed by atoms with Crippen molar-refractivity contribution in [3.05, 3.63) is 12.2 Å². The number of ether oxygens (including phenoxy) is 2. The van der Waals surface area contributed by atoms with Gasteiger partial charge in [0.2, 0.25) is 0 Å². The predicted molar refractivity (Wildman–Crippen MR) is 79.1 cm³/mol. The van der Waals surface area contributed by atoms with Crippen LogP contribution in [0.1, 0.15) is 40.5 Å². The maximum Gasteiger partial charge on any atom is 0.309 e. The average molecular weight is 284 g/mol. The van der Waals surface area contributed by atoms with Crippen LogP contribution in [0.2, 0.25) is 0 Å². The van der Waals surface area contributed by atoms with E-state index in [0.717, 1.165) is 0 Å². The Balaban J connectivity index is 4.48. The van der Waals surface area contributed by atoms with E-state index in [1.54, 1.807) is 0 Å². The maximum atomic E-state index is 11.6. The summed E-state index contributed by atoms with van der Waals surface area (Å²) in [6.45, 7) is 8.00. The van der Waals surface area contributed by atoms with Gasteiger partial charge in [0.25, 0.3) is 0 Å². The standard InChI is InChI=1S/C16H28O4/c1-11(2)13(15(17)19-5)9-7-8-10-14(12(3)4)16(18)20-6/h7-8,11-14H,9-10H2,1-6H3/t13-,14-/m0/s1. The van der Waals surface area contributed by atoms with Gasteiger partial charge in [-0.2, -0.15) is 0 Å². The highest BCUT2D eigenvalue weighted by Crippen LogP contribution is 2.20. The van der Waals surface area contributed by atoms with Crippen molar-refractivity contribution in [3.8, 4) is 0 Å². The van der Waals surface area contributed by atoms with Gasteiger partial charge in [0, 0.05) is 0 Å². The molecule has 0 rings (SSSR count). The Bertz CT molecular complexity index is 299. The molecule has 0 aromatic rings. The van der Waals surface area contributed by atoms with E-state index in [-0.39, 0.29) is 35.6 Å². The molecule has 0 amide bonds. The number of rotatable bonds is 8. The second-order valence-corrected chi connectivity index (χ2v) is 5.69. The molecule has 0 aliphatic carbocycles. The van der Waals surface area contributed by atoms with Crippen LogP contribution in [0.4, 0.5) is 0 Å². The van der Waals surface area contributed by atoms with E-state index < -0.39 is 0 Å². The number of carbonyl (C=O) groups is 2. The van der Waals surface area contributed by atoms with Gasteiger partial charge in [0.15, 0.2) is 0 Å². The fourth-order valence-electron chi connectivity index (χ4n) is 2.07. The molecule has 0 saturated heterocycles. The molecule has 20 heavy (non-hydrogen) atoms. The van der Waals surface area contributed by atoms with Crippen molar-refractivity contribution in [2.45, 2.75) is 40.5 Å². The first-order valence-electron chi connectivity index (χ1n) is 7.15. The molecule has 0 aliphatic heterocycles.